The summed E-state index contributed by atoms with van der Waals surface area (Å²) in [5.41, 5.74) is 3.80. The molecule has 0 aromatic heterocycles. The van der Waals surface area contributed by atoms with E-state index in [0.717, 1.165) is 28.0 Å². The van der Waals surface area contributed by atoms with Crippen LogP contribution in [-0.2, 0) is 21.7 Å². The van der Waals surface area contributed by atoms with Crippen molar-refractivity contribution in [2.24, 2.45) is 5.92 Å². The molecule has 0 saturated carbocycles. The van der Waals surface area contributed by atoms with Gasteiger partial charge in [0.05, 0.1) is 24.4 Å². The first kappa shape index (κ1) is 36.6. The molecule has 2 saturated heterocycles. The van der Waals surface area contributed by atoms with E-state index in [1.54, 1.807) is 24.3 Å². The molecule has 4 atom stereocenters. The van der Waals surface area contributed by atoms with E-state index in [0.29, 0.717) is 54.6 Å². The van der Waals surface area contributed by atoms with Crippen molar-refractivity contribution in [3.8, 4) is 11.5 Å². The molecule has 2 heterocycles. The second kappa shape index (κ2) is 16.5. The van der Waals surface area contributed by atoms with Crippen molar-refractivity contribution >= 4 is 29.0 Å². The molecule has 5 aromatic carbocycles. The Morgan fingerprint density at radius 1 is 0.811 bits per heavy atom. The first-order valence-electron chi connectivity index (χ1n) is 18.0. The number of amides is 2. The smallest absolute Gasteiger partial charge is 0.323 e. The largest absolute Gasteiger partial charge is 0.457 e. The highest BCUT2D eigenvalue weighted by atomic mass is 35.5. The van der Waals surface area contributed by atoms with Gasteiger partial charge in [-0.05, 0) is 90.2 Å². The van der Waals surface area contributed by atoms with Crippen LogP contribution in [0.3, 0.4) is 0 Å². The molecule has 274 valence electrons. The van der Waals surface area contributed by atoms with Gasteiger partial charge in [0.2, 0.25) is 0 Å². The van der Waals surface area contributed by atoms with Gasteiger partial charge in [0.15, 0.2) is 6.29 Å². The lowest BCUT2D eigenvalue weighted by Crippen LogP contribution is -2.49. The molecule has 5 aromatic rings. The lowest BCUT2D eigenvalue weighted by Gasteiger charge is -2.45. The Labute approximate surface area is 315 Å². The van der Waals surface area contributed by atoms with E-state index < -0.39 is 11.9 Å². The van der Waals surface area contributed by atoms with Crippen LogP contribution in [0.15, 0.2) is 127 Å². The molecule has 53 heavy (non-hydrogen) atoms. The van der Waals surface area contributed by atoms with Gasteiger partial charge in [-0.25, -0.2) is 4.79 Å². The summed E-state index contributed by atoms with van der Waals surface area (Å²) in [7, 11) is 0. The van der Waals surface area contributed by atoms with Crippen molar-refractivity contribution in [1.29, 1.82) is 0 Å². The number of nitrogens with one attached hydrogen (secondary N) is 2. The van der Waals surface area contributed by atoms with E-state index in [9.17, 15) is 15.0 Å². The number of hydrogen-bond donors (Lipinski definition) is 4. The van der Waals surface area contributed by atoms with Crippen LogP contribution >= 0.6 is 11.6 Å². The van der Waals surface area contributed by atoms with Crippen LogP contribution < -0.4 is 15.4 Å². The van der Waals surface area contributed by atoms with Gasteiger partial charge in [-0.2, -0.15) is 0 Å². The number of benzene rings is 5. The number of para-hydroxylation sites is 1. The number of urea groups is 1. The van der Waals surface area contributed by atoms with Crippen LogP contribution in [-0.4, -0.2) is 46.9 Å². The molecule has 0 bridgehead atoms. The van der Waals surface area contributed by atoms with Crippen LogP contribution in [0.4, 0.5) is 16.2 Å². The van der Waals surface area contributed by atoms with Crippen molar-refractivity contribution in [3.05, 3.63) is 155 Å². The first-order chi connectivity index (χ1) is 25.7. The van der Waals surface area contributed by atoms with Crippen molar-refractivity contribution in [1.82, 2.24) is 4.90 Å². The third-order valence-corrected chi connectivity index (χ3v) is 10.4. The maximum atomic E-state index is 13.0. The Kier molecular flexibility index (Phi) is 11.4. The van der Waals surface area contributed by atoms with Crippen molar-refractivity contribution in [2.75, 3.05) is 30.3 Å². The molecular formula is C43H44ClN3O6. The zero-order chi connectivity index (χ0) is 36.8. The fourth-order valence-corrected chi connectivity index (χ4v) is 7.15. The second-order valence-corrected chi connectivity index (χ2v) is 14.2. The number of aliphatic hydroxyl groups excluding tert-OH is 1. The zero-order valence-corrected chi connectivity index (χ0v) is 30.3. The molecule has 2 aliphatic rings. The SMILES string of the molecule is CC1C(CN2CCC(O)(c3ccc(Cl)cc3)CC2)OC(c2cccc(NC(=O)Nc3ccc(Oc4ccccc4)cc3)c2)OC1c1ccc(CO)cc1. The van der Waals surface area contributed by atoms with Gasteiger partial charge in [0.1, 0.15) is 11.5 Å². The third-order valence-electron chi connectivity index (χ3n) is 10.1. The van der Waals surface area contributed by atoms with Gasteiger partial charge in [0.25, 0.3) is 0 Å². The fraction of sp³-hybridized carbons (Fsp3) is 0.279. The Hall–Kier alpha value is -4.74. The standard InChI is InChI=1S/C43H44ClN3O6/c1-29-39(27-47-24-22-43(50,23-25-47)33-14-16-34(44)17-15-33)52-41(53-40(29)31-12-10-30(28-48)11-13-31)32-6-5-7-36(26-32)46-42(49)45-35-18-20-38(21-19-35)51-37-8-3-2-4-9-37/h2-21,26,29,39-41,48,50H,22-25,27-28H2,1H3,(H2,45,46,49). The molecule has 2 aliphatic heterocycles. The van der Waals surface area contributed by atoms with Gasteiger partial charge >= 0.3 is 6.03 Å². The summed E-state index contributed by atoms with van der Waals surface area (Å²) in [6.45, 7) is 4.20. The second-order valence-electron chi connectivity index (χ2n) is 13.8. The Bertz CT molecular complexity index is 1950. The summed E-state index contributed by atoms with van der Waals surface area (Å²) in [6.07, 6.45) is 0.0333. The summed E-state index contributed by atoms with van der Waals surface area (Å²) in [5, 5.41) is 27.6. The average molecular weight is 734 g/mol. The highest BCUT2D eigenvalue weighted by molar-refractivity contribution is 6.30. The van der Waals surface area contributed by atoms with Crippen molar-refractivity contribution in [2.45, 2.75) is 50.5 Å². The Morgan fingerprint density at radius 2 is 1.49 bits per heavy atom. The highest BCUT2D eigenvalue weighted by Gasteiger charge is 2.41. The van der Waals surface area contributed by atoms with E-state index in [-0.39, 0.29) is 30.8 Å². The number of anilines is 2. The van der Waals surface area contributed by atoms with Crippen LogP contribution in [0.5, 0.6) is 11.5 Å². The number of ether oxygens (including phenoxy) is 3. The number of hydrogen-bond acceptors (Lipinski definition) is 7. The summed E-state index contributed by atoms with van der Waals surface area (Å²) >= 11 is 6.10. The van der Waals surface area contributed by atoms with Crippen LogP contribution in [0, 0.1) is 5.92 Å². The molecular weight excluding hydrogens is 690 g/mol. The summed E-state index contributed by atoms with van der Waals surface area (Å²) in [5.74, 6) is 1.40. The molecule has 0 aliphatic carbocycles. The predicted molar refractivity (Wildman–Crippen MR) is 206 cm³/mol. The molecule has 0 spiro atoms. The van der Waals surface area contributed by atoms with Gasteiger partial charge in [-0.15, -0.1) is 0 Å². The van der Waals surface area contributed by atoms with Crippen LogP contribution in [0.25, 0.3) is 0 Å². The molecule has 9 nitrogen and oxygen atoms in total. The quantitative estimate of drug-likeness (QED) is 0.113. The number of likely N-dealkylation sites (tertiary alicyclic amines) is 1. The van der Waals surface area contributed by atoms with E-state index in [2.05, 4.69) is 22.5 Å². The minimum Gasteiger partial charge on any atom is -0.457 e. The van der Waals surface area contributed by atoms with E-state index in [1.807, 2.05) is 103 Å². The molecule has 10 heteroatoms. The first-order valence-corrected chi connectivity index (χ1v) is 18.3. The lowest BCUT2D eigenvalue weighted by molar-refractivity contribution is -0.277. The molecule has 0 radical (unpaired) electrons. The fourth-order valence-electron chi connectivity index (χ4n) is 7.02. The number of rotatable bonds is 10. The third kappa shape index (κ3) is 9.08. The van der Waals surface area contributed by atoms with Gasteiger partial charge in [-0.3, -0.25) is 0 Å². The van der Waals surface area contributed by atoms with E-state index >= 15 is 0 Å². The molecule has 7 rings (SSSR count). The maximum Gasteiger partial charge on any atom is 0.323 e. The predicted octanol–water partition coefficient (Wildman–Crippen LogP) is 9.04. The zero-order valence-electron chi connectivity index (χ0n) is 29.5. The Balaban J connectivity index is 1.03. The molecule has 2 amide bonds. The number of halogens is 1. The molecule has 4 N–H and O–H groups in total. The number of carbonyl (C=O) groups is 1. The van der Waals surface area contributed by atoms with Crippen molar-refractivity contribution in [3.63, 3.8) is 0 Å². The van der Waals surface area contributed by atoms with Crippen LogP contribution in [0.2, 0.25) is 5.02 Å². The van der Waals surface area contributed by atoms with Gasteiger partial charge in [0, 0.05) is 47.5 Å². The average Bonchev–Trinajstić information content (AvgIpc) is 3.18. The van der Waals surface area contributed by atoms with Crippen molar-refractivity contribution < 1.29 is 29.2 Å². The number of aliphatic hydroxyl groups is 2. The number of nitrogens with zero attached hydrogens (tertiary/aromatic N) is 1. The highest BCUT2D eigenvalue weighted by Crippen LogP contribution is 2.43. The minimum atomic E-state index is -0.900. The molecule has 4 unspecified atom stereocenters. The number of piperidine rings is 1. The summed E-state index contributed by atoms with van der Waals surface area (Å²) in [4.78, 5) is 15.4. The lowest BCUT2D eigenvalue weighted by atomic mass is 9.84. The summed E-state index contributed by atoms with van der Waals surface area (Å²) < 4.78 is 19.3. The van der Waals surface area contributed by atoms with E-state index in [4.69, 9.17) is 25.8 Å². The van der Waals surface area contributed by atoms with Crippen LogP contribution in [0.1, 0.15) is 54.4 Å². The van der Waals surface area contributed by atoms with E-state index in [1.165, 1.54) is 0 Å². The summed E-state index contributed by atoms with van der Waals surface area (Å²) in [6, 6.07) is 39.1. The Morgan fingerprint density at radius 3 is 2.19 bits per heavy atom. The van der Waals surface area contributed by atoms with Gasteiger partial charge < -0.3 is 40.0 Å². The normalized spacial score (nSPS) is 21.4. The monoisotopic (exact) mass is 733 g/mol. The van der Waals surface area contributed by atoms with Gasteiger partial charge in [-0.1, -0.05) is 85.3 Å². The maximum absolute atomic E-state index is 13.0. The molecule has 2 fully saturated rings. The minimum absolute atomic E-state index is 0.000122. The number of carbonyl (C=O) groups excluding carboxylic acids is 1. The topological polar surface area (TPSA) is 113 Å².